The normalized spacial score (nSPS) is 17.4. The molecular weight excluding hydrogens is 324 g/mol. The molecule has 1 saturated heterocycles. The van der Waals surface area contributed by atoms with Crippen LogP contribution in [-0.2, 0) is 16.1 Å². The Labute approximate surface area is 148 Å². The highest BCUT2D eigenvalue weighted by molar-refractivity contribution is 7.09. The highest BCUT2D eigenvalue weighted by Crippen LogP contribution is 2.07. The average Bonchev–Trinajstić information content (AvgIpc) is 3.08. The summed E-state index contributed by atoms with van der Waals surface area (Å²) < 4.78 is 0. The van der Waals surface area contributed by atoms with Gasteiger partial charge in [-0.2, -0.15) is 0 Å². The predicted molar refractivity (Wildman–Crippen MR) is 96.9 cm³/mol. The highest BCUT2D eigenvalue weighted by Gasteiger charge is 2.20. The minimum absolute atomic E-state index is 0.0614. The molecule has 0 aromatic carbocycles. The maximum atomic E-state index is 12.0. The fourth-order valence-corrected chi connectivity index (χ4v) is 3.23. The molecule has 1 aromatic heterocycles. The second-order valence-electron chi connectivity index (χ2n) is 6.29. The number of nitrogens with zero attached hydrogens (tertiary/aromatic N) is 2. The van der Waals surface area contributed by atoms with E-state index in [2.05, 4.69) is 27.4 Å². The molecule has 0 aliphatic carbocycles. The molecule has 2 heterocycles. The van der Waals surface area contributed by atoms with Crippen LogP contribution in [0.3, 0.4) is 0 Å². The van der Waals surface area contributed by atoms with Crippen LogP contribution in [0, 0.1) is 0 Å². The van der Waals surface area contributed by atoms with Crippen molar-refractivity contribution < 1.29 is 9.59 Å². The summed E-state index contributed by atoms with van der Waals surface area (Å²) in [5.74, 6) is 0.151. The molecule has 1 atom stereocenters. The zero-order valence-electron chi connectivity index (χ0n) is 14.6. The molecule has 1 aromatic rings. The van der Waals surface area contributed by atoms with Gasteiger partial charge < -0.3 is 10.6 Å². The van der Waals surface area contributed by atoms with E-state index in [4.69, 9.17) is 0 Å². The van der Waals surface area contributed by atoms with Crippen LogP contribution in [0.25, 0.3) is 0 Å². The summed E-state index contributed by atoms with van der Waals surface area (Å²) in [6.45, 7) is 8.86. The first-order valence-corrected chi connectivity index (χ1v) is 9.48. The molecule has 2 amide bonds. The molecule has 0 spiro atoms. The van der Waals surface area contributed by atoms with Gasteiger partial charge in [0.25, 0.3) is 0 Å². The molecule has 6 nitrogen and oxygen atoms in total. The number of hydrogen-bond donors (Lipinski definition) is 2. The molecule has 2 rings (SSSR count). The fraction of sp³-hybridized carbons (Fsp3) is 0.647. The topological polar surface area (TPSA) is 64.7 Å². The van der Waals surface area contributed by atoms with E-state index in [1.54, 1.807) is 11.3 Å². The van der Waals surface area contributed by atoms with E-state index in [1.807, 2.05) is 24.4 Å². The second-order valence-corrected chi connectivity index (χ2v) is 7.32. The van der Waals surface area contributed by atoms with Crippen molar-refractivity contribution in [1.29, 1.82) is 0 Å². The molecule has 1 aliphatic heterocycles. The van der Waals surface area contributed by atoms with Crippen molar-refractivity contribution in [2.45, 2.75) is 32.9 Å². The predicted octanol–water partition coefficient (Wildman–Crippen LogP) is 0.897. The third-order valence-electron chi connectivity index (χ3n) is 4.26. The Hall–Kier alpha value is -1.44. The molecule has 134 valence electrons. The van der Waals surface area contributed by atoms with Crippen LogP contribution < -0.4 is 10.6 Å². The van der Waals surface area contributed by atoms with Crippen molar-refractivity contribution in [3.05, 3.63) is 22.4 Å². The monoisotopic (exact) mass is 352 g/mol. The Balaban J connectivity index is 1.61. The third kappa shape index (κ3) is 6.59. The molecular formula is C17H28N4O2S. The number of hydrogen-bond acceptors (Lipinski definition) is 5. The lowest BCUT2D eigenvalue weighted by molar-refractivity contribution is -0.125. The van der Waals surface area contributed by atoms with E-state index >= 15 is 0 Å². The molecule has 7 heteroatoms. The van der Waals surface area contributed by atoms with Gasteiger partial charge in [-0.05, 0) is 24.8 Å². The quantitative estimate of drug-likeness (QED) is 0.730. The van der Waals surface area contributed by atoms with Gasteiger partial charge in [0.2, 0.25) is 11.8 Å². The molecule has 1 aliphatic rings. The molecule has 0 saturated carbocycles. The van der Waals surface area contributed by atoms with Gasteiger partial charge in [-0.3, -0.25) is 19.4 Å². The number of carbonyl (C=O) groups excluding carboxylic acids is 2. The smallest absolute Gasteiger partial charge is 0.234 e. The Morgan fingerprint density at radius 2 is 1.79 bits per heavy atom. The van der Waals surface area contributed by atoms with Gasteiger partial charge in [-0.25, -0.2) is 0 Å². The molecule has 24 heavy (non-hydrogen) atoms. The van der Waals surface area contributed by atoms with E-state index < -0.39 is 0 Å². The van der Waals surface area contributed by atoms with Crippen LogP contribution in [0.2, 0.25) is 0 Å². The van der Waals surface area contributed by atoms with Crippen molar-refractivity contribution in [2.75, 3.05) is 39.3 Å². The summed E-state index contributed by atoms with van der Waals surface area (Å²) in [4.78, 5) is 29.4. The molecule has 1 unspecified atom stereocenters. The molecule has 1 fully saturated rings. The van der Waals surface area contributed by atoms with Crippen molar-refractivity contribution in [3.8, 4) is 0 Å². The van der Waals surface area contributed by atoms with Gasteiger partial charge in [0.1, 0.15) is 0 Å². The molecule has 0 radical (unpaired) electrons. The van der Waals surface area contributed by atoms with Crippen LogP contribution in [0.4, 0.5) is 0 Å². The van der Waals surface area contributed by atoms with Crippen LogP contribution in [0.5, 0.6) is 0 Å². The van der Waals surface area contributed by atoms with E-state index in [0.717, 1.165) is 32.6 Å². The van der Waals surface area contributed by atoms with Gasteiger partial charge >= 0.3 is 0 Å². The van der Waals surface area contributed by atoms with Crippen molar-refractivity contribution >= 4 is 23.2 Å². The average molecular weight is 353 g/mol. The Bertz CT molecular complexity index is 513. The van der Waals surface area contributed by atoms with E-state index in [9.17, 15) is 9.59 Å². The summed E-state index contributed by atoms with van der Waals surface area (Å²) in [6, 6.07) is 4.24. The standard InChI is InChI=1S/C17H28N4O2S/c1-3-14(2)19-17(23)13-21-8-6-20(7-9-21)12-16(22)18-11-15-5-4-10-24-15/h4-5,10,14H,3,6-9,11-13H2,1-2H3,(H,18,22)(H,19,23). The highest BCUT2D eigenvalue weighted by atomic mass is 32.1. The van der Waals surface area contributed by atoms with Crippen LogP contribution >= 0.6 is 11.3 Å². The van der Waals surface area contributed by atoms with E-state index in [-0.39, 0.29) is 17.9 Å². The van der Waals surface area contributed by atoms with Gasteiger partial charge in [0.15, 0.2) is 0 Å². The number of piperazine rings is 1. The largest absolute Gasteiger partial charge is 0.353 e. The number of amides is 2. The van der Waals surface area contributed by atoms with E-state index in [1.165, 1.54) is 4.88 Å². The number of thiophene rings is 1. The minimum atomic E-state index is 0.0614. The van der Waals surface area contributed by atoms with E-state index in [0.29, 0.717) is 19.6 Å². The zero-order valence-corrected chi connectivity index (χ0v) is 15.4. The first-order chi connectivity index (χ1) is 11.6. The van der Waals surface area contributed by atoms with Gasteiger partial charge in [0, 0.05) is 37.1 Å². The molecule has 2 N–H and O–H groups in total. The number of rotatable bonds is 8. The summed E-state index contributed by atoms with van der Waals surface area (Å²) in [5, 5.41) is 7.96. The van der Waals surface area contributed by atoms with Crippen LogP contribution in [0.15, 0.2) is 17.5 Å². The second kappa shape index (κ2) is 9.76. The fourth-order valence-electron chi connectivity index (χ4n) is 2.59. The lowest BCUT2D eigenvalue weighted by Crippen LogP contribution is -2.52. The zero-order chi connectivity index (χ0) is 17.4. The third-order valence-corrected chi connectivity index (χ3v) is 5.14. The SMILES string of the molecule is CCC(C)NC(=O)CN1CCN(CC(=O)NCc2cccs2)CC1. The lowest BCUT2D eigenvalue weighted by atomic mass is 10.2. The maximum absolute atomic E-state index is 12.0. The summed E-state index contributed by atoms with van der Waals surface area (Å²) in [5.41, 5.74) is 0. The van der Waals surface area contributed by atoms with Crippen LogP contribution in [-0.4, -0.2) is 66.9 Å². The molecule has 0 bridgehead atoms. The van der Waals surface area contributed by atoms with Crippen molar-refractivity contribution in [2.24, 2.45) is 0 Å². The first-order valence-electron chi connectivity index (χ1n) is 8.60. The lowest BCUT2D eigenvalue weighted by Gasteiger charge is -2.34. The van der Waals surface area contributed by atoms with Crippen LogP contribution in [0.1, 0.15) is 25.1 Å². The summed E-state index contributed by atoms with van der Waals surface area (Å²) >= 11 is 1.65. The summed E-state index contributed by atoms with van der Waals surface area (Å²) in [7, 11) is 0. The van der Waals surface area contributed by atoms with Gasteiger partial charge in [-0.15, -0.1) is 11.3 Å². The Morgan fingerprint density at radius 3 is 2.33 bits per heavy atom. The van der Waals surface area contributed by atoms with Crippen molar-refractivity contribution in [3.63, 3.8) is 0 Å². The number of carbonyl (C=O) groups is 2. The first kappa shape index (κ1) is 18.9. The summed E-state index contributed by atoms with van der Waals surface area (Å²) in [6.07, 6.45) is 0.945. The number of nitrogens with one attached hydrogen (secondary N) is 2. The van der Waals surface area contributed by atoms with Gasteiger partial charge in [-0.1, -0.05) is 13.0 Å². The van der Waals surface area contributed by atoms with Crippen molar-refractivity contribution in [1.82, 2.24) is 20.4 Å². The maximum Gasteiger partial charge on any atom is 0.234 e. The Morgan fingerprint density at radius 1 is 1.17 bits per heavy atom. The Kier molecular flexibility index (Phi) is 7.68. The van der Waals surface area contributed by atoms with Gasteiger partial charge in [0.05, 0.1) is 19.6 Å². The minimum Gasteiger partial charge on any atom is -0.353 e.